The van der Waals surface area contributed by atoms with Crippen molar-refractivity contribution in [1.29, 1.82) is 0 Å². The van der Waals surface area contributed by atoms with Gasteiger partial charge in [-0.1, -0.05) is 348 Å². The van der Waals surface area contributed by atoms with Crippen LogP contribution >= 0.6 is 15.6 Å². The van der Waals surface area contributed by atoms with Gasteiger partial charge in [0.05, 0.1) is 26.4 Å². The Morgan fingerprint density at radius 2 is 0.540 bits per heavy atom. The molecular weight excluding hydrogens is 1310 g/mol. The summed E-state index contributed by atoms with van der Waals surface area (Å²) in [6, 6.07) is 0. The fourth-order valence-electron chi connectivity index (χ4n) is 12.0. The number of ether oxygens (including phenoxy) is 4. The summed E-state index contributed by atoms with van der Waals surface area (Å²) in [5.41, 5.74) is 0. The SMILES string of the molecule is CCCCCC/C=C\C=C/CCCCCCCC(=O)OC[C@H](COP(=O)(O)OC[C@@H](O)COP(=O)(O)OC[C@@H](COC(=O)CCCCCCCCCCCCCC)OC(=O)CCCCCCCCCCCCCCC(C)C)OC(=O)CCCCCCCCCCCCCCCCCC(C)C. The average molecular weight is 1460 g/mol. The van der Waals surface area contributed by atoms with E-state index in [1.807, 2.05) is 0 Å². The fourth-order valence-corrected chi connectivity index (χ4v) is 13.6. The van der Waals surface area contributed by atoms with E-state index in [-0.39, 0.29) is 25.7 Å². The van der Waals surface area contributed by atoms with E-state index in [1.165, 1.54) is 199 Å². The predicted molar refractivity (Wildman–Crippen MR) is 409 cm³/mol. The van der Waals surface area contributed by atoms with Gasteiger partial charge in [-0.15, -0.1) is 0 Å². The number of aliphatic hydroxyl groups is 1. The Morgan fingerprint density at radius 1 is 0.310 bits per heavy atom. The van der Waals surface area contributed by atoms with Crippen LogP contribution in [0.2, 0.25) is 0 Å². The summed E-state index contributed by atoms with van der Waals surface area (Å²) in [6.07, 6.45) is 64.5. The van der Waals surface area contributed by atoms with Crippen molar-refractivity contribution < 1.29 is 80.2 Å². The van der Waals surface area contributed by atoms with E-state index < -0.39 is 97.5 Å². The van der Waals surface area contributed by atoms with Crippen molar-refractivity contribution in [2.75, 3.05) is 39.6 Å². The molecule has 0 aliphatic rings. The second-order valence-electron chi connectivity index (χ2n) is 29.4. The van der Waals surface area contributed by atoms with Crippen molar-refractivity contribution in [3.8, 4) is 0 Å². The van der Waals surface area contributed by atoms with Gasteiger partial charge in [-0.2, -0.15) is 0 Å². The minimum Gasteiger partial charge on any atom is -0.462 e. The Kier molecular flexibility index (Phi) is 70.3. The van der Waals surface area contributed by atoms with Gasteiger partial charge < -0.3 is 33.8 Å². The van der Waals surface area contributed by atoms with Crippen molar-refractivity contribution in [2.24, 2.45) is 11.8 Å². The van der Waals surface area contributed by atoms with Crippen LogP contribution in [0.1, 0.15) is 401 Å². The molecule has 590 valence electrons. The summed E-state index contributed by atoms with van der Waals surface area (Å²) in [5.74, 6) is -0.561. The minimum atomic E-state index is -4.97. The summed E-state index contributed by atoms with van der Waals surface area (Å²) in [6.45, 7) is 9.60. The lowest BCUT2D eigenvalue weighted by atomic mass is 10.0. The lowest BCUT2D eigenvalue weighted by molar-refractivity contribution is -0.161. The Labute approximate surface area is 612 Å². The van der Waals surface area contributed by atoms with Gasteiger partial charge in [-0.25, -0.2) is 9.13 Å². The fraction of sp³-hybridized carbons (Fsp3) is 0.901. The molecule has 0 rings (SSSR count). The minimum absolute atomic E-state index is 0.101. The zero-order chi connectivity index (χ0) is 73.5. The number of phosphoric acid groups is 2. The lowest BCUT2D eigenvalue weighted by Gasteiger charge is -2.21. The molecule has 3 N–H and O–H groups in total. The third kappa shape index (κ3) is 73.8. The maximum atomic E-state index is 13.1. The molecule has 5 atom stereocenters. The van der Waals surface area contributed by atoms with Gasteiger partial charge in [0.2, 0.25) is 0 Å². The van der Waals surface area contributed by atoms with Gasteiger partial charge in [0.25, 0.3) is 0 Å². The number of carbonyl (C=O) groups is 4. The van der Waals surface area contributed by atoms with E-state index in [0.717, 1.165) is 121 Å². The van der Waals surface area contributed by atoms with E-state index in [4.69, 9.17) is 37.0 Å². The van der Waals surface area contributed by atoms with E-state index >= 15 is 0 Å². The van der Waals surface area contributed by atoms with Crippen LogP contribution in [0.15, 0.2) is 24.3 Å². The van der Waals surface area contributed by atoms with Crippen molar-refractivity contribution in [1.82, 2.24) is 0 Å². The highest BCUT2D eigenvalue weighted by molar-refractivity contribution is 7.47. The molecule has 19 heteroatoms. The monoisotopic (exact) mass is 1460 g/mol. The molecule has 0 heterocycles. The van der Waals surface area contributed by atoms with Crippen LogP contribution in [-0.4, -0.2) is 96.7 Å². The summed E-state index contributed by atoms with van der Waals surface area (Å²) < 4.78 is 68.7. The second-order valence-corrected chi connectivity index (χ2v) is 32.3. The first kappa shape index (κ1) is 97.5. The first-order valence-electron chi connectivity index (χ1n) is 41.3. The molecular formula is C81H154O17P2. The van der Waals surface area contributed by atoms with Crippen LogP contribution in [0.3, 0.4) is 0 Å². The summed E-state index contributed by atoms with van der Waals surface area (Å²) >= 11 is 0. The van der Waals surface area contributed by atoms with E-state index in [9.17, 15) is 43.2 Å². The maximum Gasteiger partial charge on any atom is 0.472 e. The zero-order valence-electron chi connectivity index (χ0n) is 65.0. The molecule has 0 aromatic rings. The highest BCUT2D eigenvalue weighted by atomic mass is 31.2. The molecule has 0 aromatic heterocycles. The van der Waals surface area contributed by atoms with Crippen molar-refractivity contribution in [3.05, 3.63) is 24.3 Å². The number of aliphatic hydroxyl groups excluding tert-OH is 1. The van der Waals surface area contributed by atoms with Crippen molar-refractivity contribution in [3.63, 3.8) is 0 Å². The van der Waals surface area contributed by atoms with Crippen LogP contribution < -0.4 is 0 Å². The van der Waals surface area contributed by atoms with Gasteiger partial charge in [0.15, 0.2) is 12.2 Å². The molecule has 0 aliphatic heterocycles. The summed E-state index contributed by atoms with van der Waals surface area (Å²) in [4.78, 5) is 73.0. The Bertz CT molecular complexity index is 2020. The van der Waals surface area contributed by atoms with Crippen molar-refractivity contribution >= 4 is 39.5 Å². The number of phosphoric ester groups is 2. The molecule has 0 amide bonds. The first-order valence-corrected chi connectivity index (χ1v) is 44.3. The molecule has 0 fully saturated rings. The standard InChI is InChI=1S/C81H154O17P2/c1-7-9-11-13-15-17-19-21-23-27-34-40-46-52-58-64-79(84)92-70-77(97-80(85)65-59-53-47-41-35-28-25-22-24-26-31-37-43-49-55-61-73(3)4)72-96-100(89,90)94-68-75(82)67-93-99(87,88)95-71-76(69-91-78(83)63-57-51-45-39-33-20-18-16-14-12-10-8-2)98-81(86)66-60-54-48-42-36-30-29-32-38-44-50-56-62-74(5)6/h17,19,21,23,73-77,82H,7-16,18,20,22,24-72H2,1-6H3,(H,87,88)(H,89,90)/b19-17-,23-21-/t75-,76+,77+/m0/s1. The number of rotatable bonds is 78. The van der Waals surface area contributed by atoms with Gasteiger partial charge >= 0.3 is 39.5 Å². The maximum absolute atomic E-state index is 13.1. The van der Waals surface area contributed by atoms with Gasteiger partial charge in [-0.05, 0) is 63.2 Å². The number of unbranched alkanes of at least 4 members (excludes halogenated alkanes) is 45. The zero-order valence-corrected chi connectivity index (χ0v) is 66.8. The normalized spacial score (nSPS) is 14.1. The molecule has 2 unspecified atom stereocenters. The number of allylic oxidation sites excluding steroid dienone is 4. The predicted octanol–water partition coefficient (Wildman–Crippen LogP) is 23.8. The molecule has 0 bridgehead atoms. The average Bonchev–Trinajstić information content (AvgIpc) is 1.10. The summed E-state index contributed by atoms with van der Waals surface area (Å²) in [7, 11) is -9.93. The van der Waals surface area contributed by atoms with Crippen LogP contribution in [0.5, 0.6) is 0 Å². The first-order chi connectivity index (χ1) is 48.4. The molecule has 17 nitrogen and oxygen atoms in total. The van der Waals surface area contributed by atoms with Crippen LogP contribution in [-0.2, 0) is 65.4 Å². The smallest absolute Gasteiger partial charge is 0.462 e. The number of hydrogen-bond donors (Lipinski definition) is 3. The molecule has 0 aromatic carbocycles. The summed E-state index contributed by atoms with van der Waals surface area (Å²) in [5, 5.41) is 10.6. The van der Waals surface area contributed by atoms with E-state index in [1.54, 1.807) is 0 Å². The number of esters is 4. The van der Waals surface area contributed by atoms with E-state index in [0.29, 0.717) is 25.7 Å². The quantitative estimate of drug-likeness (QED) is 0.0169. The van der Waals surface area contributed by atoms with Crippen LogP contribution in [0.4, 0.5) is 0 Å². The van der Waals surface area contributed by atoms with Gasteiger partial charge in [0.1, 0.15) is 19.3 Å². The highest BCUT2D eigenvalue weighted by Crippen LogP contribution is 2.45. The number of hydrogen-bond acceptors (Lipinski definition) is 15. The van der Waals surface area contributed by atoms with Crippen molar-refractivity contribution in [2.45, 2.75) is 419 Å². The third-order valence-corrected chi connectivity index (χ3v) is 20.2. The molecule has 0 saturated heterocycles. The lowest BCUT2D eigenvalue weighted by Crippen LogP contribution is -2.30. The Morgan fingerprint density at radius 3 is 0.820 bits per heavy atom. The topological polar surface area (TPSA) is 237 Å². The van der Waals surface area contributed by atoms with E-state index in [2.05, 4.69) is 65.8 Å². The largest absolute Gasteiger partial charge is 0.472 e. The van der Waals surface area contributed by atoms with Gasteiger partial charge in [0, 0.05) is 25.7 Å². The molecule has 0 spiro atoms. The van der Waals surface area contributed by atoms with Gasteiger partial charge in [-0.3, -0.25) is 37.3 Å². The highest BCUT2D eigenvalue weighted by Gasteiger charge is 2.30. The Balaban J connectivity index is 5.30. The molecule has 0 radical (unpaired) electrons. The molecule has 100 heavy (non-hydrogen) atoms. The molecule has 0 saturated carbocycles. The van der Waals surface area contributed by atoms with Crippen LogP contribution in [0.25, 0.3) is 0 Å². The molecule has 0 aliphatic carbocycles. The second kappa shape index (κ2) is 72.1. The third-order valence-electron chi connectivity index (χ3n) is 18.3. The van der Waals surface area contributed by atoms with Crippen LogP contribution in [0, 0.1) is 11.8 Å². The number of carbonyl (C=O) groups excluding carboxylic acids is 4. The Hall–Kier alpha value is -2.46.